The summed E-state index contributed by atoms with van der Waals surface area (Å²) < 4.78 is 12.9. The minimum atomic E-state index is 0.569. The van der Waals surface area contributed by atoms with E-state index in [-0.39, 0.29) is 0 Å². The number of aromatic nitrogens is 3. The Kier molecular flexibility index (Phi) is 7.16. The van der Waals surface area contributed by atoms with E-state index >= 15 is 0 Å². The number of hydrogen-bond donors (Lipinski definition) is 0. The van der Waals surface area contributed by atoms with Crippen molar-refractivity contribution in [1.29, 1.82) is 0 Å². The lowest BCUT2D eigenvalue weighted by Gasteiger charge is -2.10. The fraction of sp³-hybridized carbons (Fsp3) is 0. The molecule has 3 aromatic heterocycles. The van der Waals surface area contributed by atoms with Crippen LogP contribution in [0.25, 0.3) is 122 Å². The van der Waals surface area contributed by atoms with Crippen molar-refractivity contribution in [3.8, 4) is 56.4 Å². The zero-order valence-electron chi connectivity index (χ0n) is 31.1. The summed E-state index contributed by atoms with van der Waals surface area (Å²) in [4.78, 5) is 15.6. The summed E-state index contributed by atoms with van der Waals surface area (Å²) in [6, 6.07) is 65.2. The molecule has 0 aliphatic heterocycles. The van der Waals surface area contributed by atoms with Crippen LogP contribution in [0.1, 0.15) is 0 Å². The molecule has 0 spiro atoms. The van der Waals surface area contributed by atoms with Gasteiger partial charge in [0.15, 0.2) is 17.5 Å². The third-order valence-corrected chi connectivity index (χ3v) is 11.3. The van der Waals surface area contributed by atoms with Gasteiger partial charge in [-0.25, -0.2) is 15.0 Å². The standard InChI is InChI=1S/C53H31N3O2/c1-2-12-36-30-38(27-24-32(36)10-1)51-54-52(43-17-8-20-46-49(43)41-15-5-6-19-45(41)57-46)56-53(55-51)44-18-9-21-47-50(44)42-29-28-37(31-48(42)58-47)33-22-25-35(26-23-33)40-16-7-13-34-11-3-4-14-39(34)40/h1-31H. The highest BCUT2D eigenvalue weighted by Crippen LogP contribution is 2.41. The third kappa shape index (κ3) is 5.21. The van der Waals surface area contributed by atoms with E-state index in [0.717, 1.165) is 82.5 Å². The summed E-state index contributed by atoms with van der Waals surface area (Å²) >= 11 is 0. The predicted molar refractivity (Wildman–Crippen MR) is 237 cm³/mol. The normalized spacial score (nSPS) is 11.8. The van der Waals surface area contributed by atoms with Crippen molar-refractivity contribution in [2.45, 2.75) is 0 Å². The molecule has 0 N–H and O–H groups in total. The van der Waals surface area contributed by atoms with E-state index in [2.05, 4.69) is 146 Å². The molecule has 58 heavy (non-hydrogen) atoms. The second-order valence-electron chi connectivity index (χ2n) is 14.7. The van der Waals surface area contributed by atoms with E-state index in [9.17, 15) is 0 Å². The highest BCUT2D eigenvalue weighted by Gasteiger charge is 2.21. The number of para-hydroxylation sites is 1. The molecule has 0 bridgehead atoms. The molecule has 0 fully saturated rings. The second kappa shape index (κ2) is 12.8. The topological polar surface area (TPSA) is 65.0 Å². The molecule has 0 amide bonds. The highest BCUT2D eigenvalue weighted by molar-refractivity contribution is 6.14. The van der Waals surface area contributed by atoms with Crippen LogP contribution >= 0.6 is 0 Å². The molecule has 9 aromatic carbocycles. The molecule has 270 valence electrons. The van der Waals surface area contributed by atoms with Crippen molar-refractivity contribution in [2.75, 3.05) is 0 Å². The van der Waals surface area contributed by atoms with Gasteiger partial charge in [-0.3, -0.25) is 0 Å². The lowest BCUT2D eigenvalue weighted by Crippen LogP contribution is -2.00. The van der Waals surface area contributed by atoms with Crippen molar-refractivity contribution in [2.24, 2.45) is 0 Å². The molecule has 0 saturated carbocycles. The van der Waals surface area contributed by atoms with Crippen LogP contribution in [0.2, 0.25) is 0 Å². The Bertz CT molecular complexity index is 3570. The van der Waals surface area contributed by atoms with Crippen LogP contribution in [-0.4, -0.2) is 15.0 Å². The third-order valence-electron chi connectivity index (χ3n) is 11.3. The average molecular weight is 742 g/mol. The molecule has 12 rings (SSSR count). The van der Waals surface area contributed by atoms with E-state index < -0.39 is 0 Å². The van der Waals surface area contributed by atoms with Crippen molar-refractivity contribution in [3.63, 3.8) is 0 Å². The summed E-state index contributed by atoms with van der Waals surface area (Å²) in [7, 11) is 0. The van der Waals surface area contributed by atoms with E-state index in [1.54, 1.807) is 0 Å². The Hall–Kier alpha value is -7.89. The van der Waals surface area contributed by atoms with Gasteiger partial charge in [0.1, 0.15) is 22.3 Å². The maximum absolute atomic E-state index is 6.61. The summed E-state index contributed by atoms with van der Waals surface area (Å²) in [5, 5.41) is 8.72. The van der Waals surface area contributed by atoms with Crippen molar-refractivity contribution in [3.05, 3.63) is 188 Å². The molecule has 0 aliphatic carbocycles. The molecule has 0 unspecified atom stereocenters. The van der Waals surface area contributed by atoms with Crippen LogP contribution < -0.4 is 0 Å². The van der Waals surface area contributed by atoms with Gasteiger partial charge < -0.3 is 8.83 Å². The van der Waals surface area contributed by atoms with Gasteiger partial charge in [0.05, 0.1) is 0 Å². The van der Waals surface area contributed by atoms with Gasteiger partial charge >= 0.3 is 0 Å². The monoisotopic (exact) mass is 741 g/mol. The van der Waals surface area contributed by atoms with Crippen LogP contribution in [0.15, 0.2) is 197 Å². The maximum atomic E-state index is 6.61. The minimum absolute atomic E-state index is 0.569. The van der Waals surface area contributed by atoms with Crippen molar-refractivity contribution < 1.29 is 8.83 Å². The van der Waals surface area contributed by atoms with Crippen LogP contribution in [-0.2, 0) is 0 Å². The van der Waals surface area contributed by atoms with Gasteiger partial charge in [-0.05, 0) is 80.2 Å². The molecular weight excluding hydrogens is 711 g/mol. The first-order valence-corrected chi connectivity index (χ1v) is 19.4. The Morgan fingerprint density at radius 2 is 0.793 bits per heavy atom. The molecule has 12 aromatic rings. The smallest absolute Gasteiger partial charge is 0.164 e. The number of furan rings is 2. The largest absolute Gasteiger partial charge is 0.456 e. The lowest BCUT2D eigenvalue weighted by atomic mass is 9.96. The van der Waals surface area contributed by atoms with Gasteiger partial charge in [0.25, 0.3) is 0 Å². The molecule has 0 atom stereocenters. The molecule has 3 heterocycles. The fourth-order valence-electron chi connectivity index (χ4n) is 8.55. The lowest BCUT2D eigenvalue weighted by molar-refractivity contribution is 0.668. The minimum Gasteiger partial charge on any atom is -0.456 e. The number of nitrogens with zero attached hydrogens (tertiary/aromatic N) is 3. The fourth-order valence-corrected chi connectivity index (χ4v) is 8.55. The Morgan fingerprint density at radius 1 is 0.276 bits per heavy atom. The zero-order valence-corrected chi connectivity index (χ0v) is 31.1. The van der Waals surface area contributed by atoms with Crippen LogP contribution in [0.5, 0.6) is 0 Å². The Balaban J connectivity index is 1.01. The van der Waals surface area contributed by atoms with Gasteiger partial charge in [-0.1, -0.05) is 152 Å². The summed E-state index contributed by atoms with van der Waals surface area (Å²) in [5.41, 5.74) is 10.5. The first-order valence-electron chi connectivity index (χ1n) is 19.4. The highest BCUT2D eigenvalue weighted by atomic mass is 16.3. The van der Waals surface area contributed by atoms with Crippen LogP contribution in [0.4, 0.5) is 0 Å². The SMILES string of the molecule is c1ccc2cc(-c3nc(-c4cccc5oc6ccccc6c45)nc(-c4cccc5oc6cc(-c7ccc(-c8cccc9ccccc89)cc7)ccc6c45)n3)ccc2c1. The average Bonchev–Trinajstić information content (AvgIpc) is 3.87. The van der Waals surface area contributed by atoms with Gasteiger partial charge in [-0.15, -0.1) is 0 Å². The first-order chi connectivity index (χ1) is 28.7. The Morgan fingerprint density at radius 3 is 1.57 bits per heavy atom. The predicted octanol–water partition coefficient (Wildman–Crippen LogP) is 14.3. The van der Waals surface area contributed by atoms with E-state index in [1.807, 2.05) is 42.5 Å². The number of benzene rings is 9. The first kappa shape index (κ1) is 32.4. The van der Waals surface area contributed by atoms with Crippen molar-refractivity contribution in [1.82, 2.24) is 15.0 Å². The number of rotatable bonds is 5. The summed E-state index contributed by atoms with van der Waals surface area (Å²) in [6.45, 7) is 0. The second-order valence-corrected chi connectivity index (χ2v) is 14.7. The van der Waals surface area contributed by atoms with E-state index in [0.29, 0.717) is 17.5 Å². The summed E-state index contributed by atoms with van der Waals surface area (Å²) in [6.07, 6.45) is 0. The Labute approximate surface area is 332 Å². The van der Waals surface area contributed by atoms with Gasteiger partial charge in [0.2, 0.25) is 0 Å². The molecule has 0 saturated heterocycles. The van der Waals surface area contributed by atoms with Gasteiger partial charge in [0, 0.05) is 38.2 Å². The zero-order chi connectivity index (χ0) is 38.2. The van der Waals surface area contributed by atoms with Crippen molar-refractivity contribution >= 4 is 65.4 Å². The van der Waals surface area contributed by atoms with E-state index in [4.69, 9.17) is 23.8 Å². The number of fused-ring (bicyclic) bond motifs is 8. The molecule has 0 radical (unpaired) electrons. The molecule has 5 heteroatoms. The molecular formula is C53H31N3O2. The quantitative estimate of drug-likeness (QED) is 0.176. The molecule has 5 nitrogen and oxygen atoms in total. The molecule has 0 aliphatic rings. The maximum Gasteiger partial charge on any atom is 0.164 e. The number of hydrogen-bond acceptors (Lipinski definition) is 5. The van der Waals surface area contributed by atoms with Gasteiger partial charge in [-0.2, -0.15) is 0 Å². The summed E-state index contributed by atoms with van der Waals surface area (Å²) in [5.74, 6) is 1.73. The van der Waals surface area contributed by atoms with Crippen LogP contribution in [0.3, 0.4) is 0 Å². The van der Waals surface area contributed by atoms with Crippen LogP contribution in [0, 0.1) is 0 Å². The van der Waals surface area contributed by atoms with E-state index in [1.165, 1.54) is 21.9 Å².